The van der Waals surface area contributed by atoms with Gasteiger partial charge in [0.25, 0.3) is 0 Å². The van der Waals surface area contributed by atoms with E-state index in [2.05, 4.69) is 4.90 Å². The van der Waals surface area contributed by atoms with Gasteiger partial charge in [0.2, 0.25) is 0 Å². The quantitative estimate of drug-likeness (QED) is 0.213. The molecule has 0 saturated carbocycles. The van der Waals surface area contributed by atoms with E-state index in [1.54, 1.807) is 0 Å². The molecule has 0 bridgehead atoms. The highest BCUT2D eigenvalue weighted by atomic mass is 16.5. The molecule has 0 aromatic carbocycles. The number of rotatable bonds is 17. The van der Waals surface area contributed by atoms with Gasteiger partial charge in [-0.05, 0) is 14.1 Å². The number of hydrogen-bond donors (Lipinski definition) is 4. The van der Waals surface area contributed by atoms with Crippen molar-refractivity contribution in [1.82, 2.24) is 9.80 Å². The second-order valence-corrected chi connectivity index (χ2v) is 5.34. The molecule has 25 heavy (non-hydrogen) atoms. The Morgan fingerprint density at radius 1 is 0.480 bits per heavy atom. The van der Waals surface area contributed by atoms with Crippen molar-refractivity contribution < 1.29 is 34.6 Å². The van der Waals surface area contributed by atoms with Crippen molar-refractivity contribution in [2.45, 2.75) is 0 Å². The molecule has 9 nitrogen and oxygen atoms in total. The fourth-order valence-corrected chi connectivity index (χ4v) is 1.56. The molecule has 0 aliphatic heterocycles. The maximum absolute atomic E-state index is 8.52. The zero-order valence-electron chi connectivity index (χ0n) is 15.8. The van der Waals surface area contributed by atoms with E-state index in [0.29, 0.717) is 46.2 Å². The molecular formula is C16H38N2O7. The van der Waals surface area contributed by atoms with E-state index < -0.39 is 0 Å². The lowest BCUT2D eigenvalue weighted by atomic mass is 10.5. The van der Waals surface area contributed by atoms with Crippen molar-refractivity contribution in [2.75, 3.05) is 106 Å². The summed E-state index contributed by atoms with van der Waals surface area (Å²) in [5.74, 6) is 0. The minimum atomic E-state index is 0.0727. The summed E-state index contributed by atoms with van der Waals surface area (Å²) in [5.41, 5.74) is 0. The Labute approximate surface area is 151 Å². The third-order valence-corrected chi connectivity index (χ3v) is 3.04. The highest BCUT2D eigenvalue weighted by molar-refractivity contribution is 4.49. The molecule has 0 unspecified atom stereocenters. The second kappa shape index (κ2) is 23.6. The lowest BCUT2D eigenvalue weighted by molar-refractivity contribution is 0.0576. The molecule has 0 aliphatic carbocycles. The largest absolute Gasteiger partial charge is 0.395 e. The van der Waals surface area contributed by atoms with Gasteiger partial charge in [-0.1, -0.05) is 0 Å². The molecule has 0 heterocycles. The molecule has 0 atom stereocenters. The van der Waals surface area contributed by atoms with Crippen molar-refractivity contribution in [3.8, 4) is 0 Å². The number of aliphatic hydroxyl groups excluding tert-OH is 4. The Bertz CT molecular complexity index is 227. The van der Waals surface area contributed by atoms with E-state index in [0.717, 1.165) is 19.6 Å². The van der Waals surface area contributed by atoms with Gasteiger partial charge in [0.05, 0.1) is 66.1 Å². The summed E-state index contributed by atoms with van der Waals surface area (Å²) in [6, 6.07) is 0. The molecule has 0 radical (unpaired) electrons. The van der Waals surface area contributed by atoms with Crippen LogP contribution in [0.25, 0.3) is 0 Å². The Morgan fingerprint density at radius 3 is 1.08 bits per heavy atom. The summed E-state index contributed by atoms with van der Waals surface area (Å²) in [6.07, 6.45) is 0. The van der Waals surface area contributed by atoms with Gasteiger partial charge in [0, 0.05) is 26.2 Å². The van der Waals surface area contributed by atoms with Gasteiger partial charge in [0.1, 0.15) is 0 Å². The zero-order chi connectivity index (χ0) is 19.2. The van der Waals surface area contributed by atoms with Crippen LogP contribution < -0.4 is 0 Å². The van der Waals surface area contributed by atoms with Crippen LogP contribution in [0.15, 0.2) is 0 Å². The van der Waals surface area contributed by atoms with Crippen LogP contribution in [0.4, 0.5) is 0 Å². The van der Waals surface area contributed by atoms with Crippen molar-refractivity contribution in [3.05, 3.63) is 0 Å². The van der Waals surface area contributed by atoms with E-state index in [-0.39, 0.29) is 26.4 Å². The fraction of sp³-hybridized carbons (Fsp3) is 1.00. The van der Waals surface area contributed by atoms with Gasteiger partial charge in [-0.2, -0.15) is 0 Å². The summed E-state index contributed by atoms with van der Waals surface area (Å²) >= 11 is 0. The topological polar surface area (TPSA) is 115 Å². The summed E-state index contributed by atoms with van der Waals surface area (Å²) in [7, 11) is 3.89. The van der Waals surface area contributed by atoms with Gasteiger partial charge >= 0.3 is 0 Å². The number of aliphatic hydroxyl groups is 4. The normalized spacial score (nSPS) is 11.0. The number of nitrogens with zero attached hydrogens (tertiary/aromatic N) is 2. The highest BCUT2D eigenvalue weighted by Crippen LogP contribution is 1.85. The number of ether oxygens (including phenoxy) is 3. The van der Waals surface area contributed by atoms with Gasteiger partial charge in [-0.25, -0.2) is 0 Å². The van der Waals surface area contributed by atoms with E-state index in [4.69, 9.17) is 34.6 Å². The first-order valence-electron chi connectivity index (χ1n) is 8.66. The molecule has 0 saturated heterocycles. The van der Waals surface area contributed by atoms with Gasteiger partial charge in [-0.15, -0.1) is 0 Å². The molecule has 154 valence electrons. The lowest BCUT2D eigenvalue weighted by Gasteiger charge is -2.16. The monoisotopic (exact) mass is 370 g/mol. The Balaban J connectivity index is 0. The van der Waals surface area contributed by atoms with Crippen LogP contribution in [0.5, 0.6) is 0 Å². The van der Waals surface area contributed by atoms with Crippen LogP contribution >= 0.6 is 0 Å². The van der Waals surface area contributed by atoms with Crippen LogP contribution in [0.1, 0.15) is 0 Å². The number of likely N-dealkylation sites (N-methyl/N-ethyl adjacent to an activating group) is 2. The third kappa shape index (κ3) is 26.0. The van der Waals surface area contributed by atoms with Crippen molar-refractivity contribution >= 4 is 0 Å². The zero-order valence-corrected chi connectivity index (χ0v) is 15.8. The molecule has 0 fully saturated rings. The number of hydrogen-bond acceptors (Lipinski definition) is 9. The molecule has 0 aliphatic rings. The van der Waals surface area contributed by atoms with Crippen molar-refractivity contribution in [3.63, 3.8) is 0 Å². The van der Waals surface area contributed by atoms with Crippen LogP contribution in [-0.4, -0.2) is 137 Å². The molecule has 0 aromatic rings. The van der Waals surface area contributed by atoms with Crippen LogP contribution in [-0.2, 0) is 14.2 Å². The van der Waals surface area contributed by atoms with E-state index >= 15 is 0 Å². The first-order chi connectivity index (χ1) is 12.1. The van der Waals surface area contributed by atoms with Crippen LogP contribution in [0.3, 0.4) is 0 Å². The van der Waals surface area contributed by atoms with Crippen molar-refractivity contribution in [1.29, 1.82) is 0 Å². The average Bonchev–Trinajstić information content (AvgIpc) is 2.60. The lowest BCUT2D eigenvalue weighted by Crippen LogP contribution is -2.27. The summed E-state index contributed by atoms with van der Waals surface area (Å²) in [6.45, 7) is 6.54. The van der Waals surface area contributed by atoms with E-state index in [1.807, 2.05) is 19.0 Å². The van der Waals surface area contributed by atoms with Gasteiger partial charge in [-0.3, -0.25) is 0 Å². The van der Waals surface area contributed by atoms with Gasteiger partial charge < -0.3 is 44.4 Å². The van der Waals surface area contributed by atoms with Gasteiger partial charge in [0.15, 0.2) is 0 Å². The predicted molar refractivity (Wildman–Crippen MR) is 95.8 cm³/mol. The average molecular weight is 370 g/mol. The summed E-state index contributed by atoms with van der Waals surface area (Å²) in [5, 5.41) is 33.8. The van der Waals surface area contributed by atoms with Crippen LogP contribution in [0, 0.1) is 0 Å². The Kier molecular flexibility index (Phi) is 25.4. The molecule has 0 rings (SSSR count). The first-order valence-corrected chi connectivity index (χ1v) is 8.66. The Morgan fingerprint density at radius 2 is 0.800 bits per heavy atom. The molecular weight excluding hydrogens is 332 g/mol. The van der Waals surface area contributed by atoms with Crippen LogP contribution in [0.2, 0.25) is 0 Å². The van der Waals surface area contributed by atoms with E-state index in [9.17, 15) is 0 Å². The minimum Gasteiger partial charge on any atom is -0.395 e. The maximum Gasteiger partial charge on any atom is 0.0698 e. The van der Waals surface area contributed by atoms with E-state index in [1.165, 1.54) is 0 Å². The third-order valence-electron chi connectivity index (χ3n) is 3.04. The molecule has 9 heteroatoms. The Hall–Kier alpha value is -0.360. The highest BCUT2D eigenvalue weighted by Gasteiger charge is 1.97. The minimum absolute atomic E-state index is 0.0727. The SMILES string of the molecule is CN(CCO)CCOCCO.CN(CCOCCO)CCOCCO. The summed E-state index contributed by atoms with van der Waals surface area (Å²) < 4.78 is 15.2. The van der Waals surface area contributed by atoms with Crippen molar-refractivity contribution in [2.24, 2.45) is 0 Å². The molecule has 0 aromatic heterocycles. The predicted octanol–water partition coefficient (Wildman–Crippen LogP) is -2.14. The molecule has 0 amide bonds. The molecule has 4 N–H and O–H groups in total. The first kappa shape index (κ1) is 26.9. The smallest absolute Gasteiger partial charge is 0.0698 e. The second-order valence-electron chi connectivity index (χ2n) is 5.34. The standard InChI is InChI=1S/C9H21NO4.C7H17NO3/c1-10(2-6-13-8-4-11)3-7-14-9-5-12;1-8(2-4-9)3-6-11-7-5-10/h11-12H,2-9H2,1H3;9-10H,2-7H2,1H3. The molecule has 0 spiro atoms. The fourth-order valence-electron chi connectivity index (χ4n) is 1.56. The summed E-state index contributed by atoms with van der Waals surface area (Å²) in [4.78, 5) is 4.05. The maximum atomic E-state index is 8.52.